The Morgan fingerprint density at radius 1 is 1.47 bits per heavy atom. The first-order chi connectivity index (χ1) is 8.31. The molecule has 86 valence electrons. The lowest BCUT2D eigenvalue weighted by Crippen LogP contribution is -1.96. The summed E-state index contributed by atoms with van der Waals surface area (Å²) >= 11 is 1.62. The third kappa shape index (κ3) is 1.51. The van der Waals surface area contributed by atoms with Crippen LogP contribution in [0.3, 0.4) is 0 Å². The molecule has 0 saturated heterocycles. The van der Waals surface area contributed by atoms with E-state index < -0.39 is 0 Å². The van der Waals surface area contributed by atoms with Crippen molar-refractivity contribution in [2.24, 2.45) is 0 Å². The number of anilines is 1. The first-order valence-corrected chi connectivity index (χ1v) is 6.34. The fourth-order valence-electron chi connectivity index (χ4n) is 1.90. The van der Waals surface area contributed by atoms with E-state index in [1.807, 2.05) is 16.5 Å². The highest BCUT2D eigenvalue weighted by molar-refractivity contribution is 7.15. The van der Waals surface area contributed by atoms with Crippen molar-refractivity contribution in [2.75, 3.05) is 5.73 Å². The van der Waals surface area contributed by atoms with Gasteiger partial charge in [-0.3, -0.25) is 9.38 Å². The highest BCUT2D eigenvalue weighted by atomic mass is 32.1. The van der Waals surface area contributed by atoms with Crippen LogP contribution in [0.1, 0.15) is 12.6 Å². The minimum absolute atomic E-state index is 0.700. The molecule has 2 N–H and O–H groups in total. The molecule has 5 heteroatoms. The topological polar surface area (TPSA) is 56.2 Å². The summed E-state index contributed by atoms with van der Waals surface area (Å²) < 4.78 is 2.02. The largest absolute Gasteiger partial charge is 0.383 e. The van der Waals surface area contributed by atoms with Gasteiger partial charge < -0.3 is 5.73 Å². The van der Waals surface area contributed by atoms with Crippen LogP contribution in [0.4, 0.5) is 5.82 Å². The van der Waals surface area contributed by atoms with Gasteiger partial charge in [0.05, 0.1) is 0 Å². The molecule has 0 unspecified atom stereocenters. The zero-order chi connectivity index (χ0) is 11.8. The minimum atomic E-state index is 0.700. The molecule has 0 aliphatic heterocycles. The summed E-state index contributed by atoms with van der Waals surface area (Å²) in [6.45, 7) is 2.12. The van der Waals surface area contributed by atoms with Crippen molar-refractivity contribution >= 4 is 22.1 Å². The van der Waals surface area contributed by atoms with Gasteiger partial charge in [0.1, 0.15) is 11.5 Å². The number of pyridine rings is 1. The Morgan fingerprint density at radius 2 is 2.35 bits per heavy atom. The predicted molar refractivity (Wildman–Crippen MR) is 70.1 cm³/mol. The zero-order valence-corrected chi connectivity index (χ0v) is 10.2. The van der Waals surface area contributed by atoms with E-state index in [2.05, 4.69) is 22.3 Å². The summed E-state index contributed by atoms with van der Waals surface area (Å²) in [5.41, 5.74) is 9.15. The minimum Gasteiger partial charge on any atom is -0.383 e. The zero-order valence-electron chi connectivity index (χ0n) is 9.42. The first kappa shape index (κ1) is 10.3. The van der Waals surface area contributed by atoms with Crippen LogP contribution in [-0.4, -0.2) is 14.4 Å². The quantitative estimate of drug-likeness (QED) is 0.754. The lowest BCUT2D eigenvalue weighted by atomic mass is 10.2. The standard InChI is InChI=1S/C12H12N4S/c1-2-9-7-17-12-15-10(11(13)16(9)12)8-4-3-5-14-6-8/h3-7H,2,13H2,1H3. The Balaban J connectivity index is 2.25. The van der Waals surface area contributed by atoms with Crippen molar-refractivity contribution < 1.29 is 0 Å². The van der Waals surface area contributed by atoms with Crippen molar-refractivity contribution in [3.63, 3.8) is 0 Å². The molecule has 0 aromatic carbocycles. The maximum Gasteiger partial charge on any atom is 0.196 e. The SMILES string of the molecule is CCc1csc2nc(-c3cccnc3)c(N)n12. The normalized spacial score (nSPS) is 11.1. The fraction of sp³-hybridized carbons (Fsp3) is 0.167. The second-order valence-electron chi connectivity index (χ2n) is 3.79. The molecule has 3 heterocycles. The van der Waals surface area contributed by atoms with Gasteiger partial charge in [0.2, 0.25) is 0 Å². The molecule has 0 aliphatic rings. The summed E-state index contributed by atoms with van der Waals surface area (Å²) in [5, 5.41) is 2.10. The molecule has 0 atom stereocenters. The maximum atomic E-state index is 6.17. The van der Waals surface area contributed by atoms with E-state index in [9.17, 15) is 0 Å². The Bertz CT molecular complexity index is 654. The Morgan fingerprint density at radius 3 is 3.06 bits per heavy atom. The molecular formula is C12H12N4S. The van der Waals surface area contributed by atoms with Crippen molar-refractivity contribution in [2.45, 2.75) is 13.3 Å². The van der Waals surface area contributed by atoms with E-state index in [0.29, 0.717) is 5.82 Å². The number of thiazole rings is 1. The number of imidazole rings is 1. The number of rotatable bonds is 2. The molecule has 0 amide bonds. The second-order valence-corrected chi connectivity index (χ2v) is 4.62. The highest BCUT2D eigenvalue weighted by Gasteiger charge is 2.14. The van der Waals surface area contributed by atoms with Crippen LogP contribution in [0.25, 0.3) is 16.2 Å². The van der Waals surface area contributed by atoms with Crippen molar-refractivity contribution in [3.05, 3.63) is 35.6 Å². The number of aromatic nitrogens is 3. The number of nitrogens with two attached hydrogens (primary N) is 1. The molecule has 3 aromatic heterocycles. The predicted octanol–water partition coefficient (Wildman–Crippen LogP) is 2.60. The molecule has 0 spiro atoms. The van der Waals surface area contributed by atoms with Gasteiger partial charge in [0, 0.05) is 29.0 Å². The molecule has 0 aliphatic carbocycles. The molecular weight excluding hydrogens is 232 g/mol. The van der Waals surface area contributed by atoms with Crippen LogP contribution in [0.5, 0.6) is 0 Å². The summed E-state index contributed by atoms with van der Waals surface area (Å²) in [5.74, 6) is 0.700. The van der Waals surface area contributed by atoms with Gasteiger partial charge in [0.15, 0.2) is 4.96 Å². The maximum absolute atomic E-state index is 6.17. The van der Waals surface area contributed by atoms with Crippen LogP contribution in [-0.2, 0) is 6.42 Å². The average molecular weight is 244 g/mol. The Labute approximate surface area is 103 Å². The van der Waals surface area contributed by atoms with Crippen molar-refractivity contribution in [1.82, 2.24) is 14.4 Å². The molecule has 0 fully saturated rings. The number of nitrogens with zero attached hydrogens (tertiary/aromatic N) is 3. The van der Waals surface area contributed by atoms with Crippen molar-refractivity contribution in [1.29, 1.82) is 0 Å². The van der Waals surface area contributed by atoms with Crippen LogP contribution < -0.4 is 5.73 Å². The van der Waals surface area contributed by atoms with Crippen LogP contribution in [0.2, 0.25) is 0 Å². The van der Waals surface area contributed by atoms with Gasteiger partial charge in [-0.1, -0.05) is 6.92 Å². The van der Waals surface area contributed by atoms with E-state index in [-0.39, 0.29) is 0 Å². The first-order valence-electron chi connectivity index (χ1n) is 5.46. The van der Waals surface area contributed by atoms with Gasteiger partial charge in [-0.05, 0) is 18.6 Å². The van der Waals surface area contributed by atoms with Crippen LogP contribution >= 0.6 is 11.3 Å². The Kier molecular flexibility index (Phi) is 2.33. The average Bonchev–Trinajstić information content (AvgIpc) is 2.91. The second kappa shape index (κ2) is 3.85. The molecule has 17 heavy (non-hydrogen) atoms. The van der Waals surface area contributed by atoms with E-state index in [4.69, 9.17) is 5.73 Å². The number of hydrogen-bond acceptors (Lipinski definition) is 4. The third-order valence-electron chi connectivity index (χ3n) is 2.77. The van der Waals surface area contributed by atoms with Crippen LogP contribution in [0.15, 0.2) is 29.9 Å². The summed E-state index contributed by atoms with van der Waals surface area (Å²) in [7, 11) is 0. The Hall–Kier alpha value is -1.88. The van der Waals surface area contributed by atoms with E-state index >= 15 is 0 Å². The third-order valence-corrected chi connectivity index (χ3v) is 3.64. The summed E-state index contributed by atoms with van der Waals surface area (Å²) in [6.07, 6.45) is 4.48. The number of fused-ring (bicyclic) bond motifs is 1. The summed E-state index contributed by atoms with van der Waals surface area (Å²) in [6, 6.07) is 3.87. The molecule has 0 saturated carbocycles. The van der Waals surface area contributed by atoms with E-state index in [0.717, 1.165) is 22.6 Å². The number of nitrogen functional groups attached to an aromatic ring is 1. The van der Waals surface area contributed by atoms with Crippen molar-refractivity contribution in [3.8, 4) is 11.3 Å². The van der Waals surface area contributed by atoms with E-state index in [1.165, 1.54) is 5.69 Å². The molecule has 3 rings (SSSR count). The highest BCUT2D eigenvalue weighted by Crippen LogP contribution is 2.29. The molecule has 4 nitrogen and oxygen atoms in total. The lowest BCUT2D eigenvalue weighted by molar-refractivity contribution is 1.01. The monoisotopic (exact) mass is 244 g/mol. The van der Waals surface area contributed by atoms with Crippen LogP contribution in [0, 0.1) is 0 Å². The van der Waals surface area contributed by atoms with Gasteiger partial charge in [-0.2, -0.15) is 0 Å². The molecule has 0 radical (unpaired) electrons. The smallest absolute Gasteiger partial charge is 0.196 e. The molecule has 3 aromatic rings. The van der Waals surface area contributed by atoms with Gasteiger partial charge in [-0.25, -0.2) is 4.98 Å². The van der Waals surface area contributed by atoms with Gasteiger partial charge in [-0.15, -0.1) is 11.3 Å². The summed E-state index contributed by atoms with van der Waals surface area (Å²) in [4.78, 5) is 9.61. The number of hydrogen-bond donors (Lipinski definition) is 1. The number of aryl methyl sites for hydroxylation is 1. The molecule has 0 bridgehead atoms. The van der Waals surface area contributed by atoms with Gasteiger partial charge in [0.25, 0.3) is 0 Å². The van der Waals surface area contributed by atoms with E-state index in [1.54, 1.807) is 23.7 Å². The fourth-order valence-corrected chi connectivity index (χ4v) is 2.88. The lowest BCUT2D eigenvalue weighted by Gasteiger charge is -1.99. The van der Waals surface area contributed by atoms with Gasteiger partial charge >= 0.3 is 0 Å².